The molecular formula is C24H21ClNP. The molecule has 0 saturated heterocycles. The molecule has 4 rings (SSSR count). The van der Waals surface area contributed by atoms with Gasteiger partial charge in [0.2, 0.25) is 0 Å². The second-order valence-corrected chi connectivity index (χ2v) is 12.7. The van der Waals surface area contributed by atoms with Crippen molar-refractivity contribution in [1.29, 1.82) is 0 Å². The molecule has 0 amide bonds. The summed E-state index contributed by atoms with van der Waals surface area (Å²) < 4.78 is 0. The van der Waals surface area contributed by atoms with E-state index in [0.29, 0.717) is 0 Å². The molecule has 0 aliphatic heterocycles. The summed E-state index contributed by atoms with van der Waals surface area (Å²) in [6.45, 7) is 0. The number of benzene rings is 4. The van der Waals surface area contributed by atoms with Crippen LogP contribution in [-0.4, -0.2) is 0 Å². The first-order valence-electron chi connectivity index (χ1n) is 8.91. The molecule has 0 bridgehead atoms. The third-order valence-electron chi connectivity index (χ3n) is 5.10. The second kappa shape index (κ2) is 6.85. The van der Waals surface area contributed by atoms with Crippen LogP contribution in [0.25, 0.3) is 0 Å². The molecule has 27 heavy (non-hydrogen) atoms. The predicted octanol–water partition coefficient (Wildman–Crippen LogP) is 4.58. The first-order chi connectivity index (χ1) is 13.1. The summed E-state index contributed by atoms with van der Waals surface area (Å²) in [7, 11) is 0. The molecule has 0 fully saturated rings. The Kier molecular flexibility index (Phi) is 4.52. The Hall–Kier alpha value is -2.60. The first-order valence-corrected chi connectivity index (χ1v) is 12.0. The zero-order valence-electron chi connectivity index (χ0n) is 14.9. The molecular weight excluding hydrogens is 369 g/mol. The van der Waals surface area contributed by atoms with E-state index < -0.39 is 5.96 Å². The molecule has 0 aromatic heterocycles. The average Bonchev–Trinajstić information content (AvgIpc) is 2.76. The van der Waals surface area contributed by atoms with Gasteiger partial charge in [-0.3, -0.25) is 0 Å². The number of halogens is 1. The molecule has 134 valence electrons. The van der Waals surface area contributed by atoms with Crippen LogP contribution >= 0.6 is 17.2 Å². The Bertz CT molecular complexity index is 933. The fraction of sp³-hybridized carbons (Fsp3) is 0. The molecule has 4 aromatic rings. The molecule has 0 unspecified atom stereocenters. The summed E-state index contributed by atoms with van der Waals surface area (Å²) in [4.78, 5) is 0. The van der Waals surface area contributed by atoms with Gasteiger partial charge < -0.3 is 0 Å². The molecule has 2 N–H and O–H groups in total. The van der Waals surface area contributed by atoms with E-state index >= 15 is 0 Å². The van der Waals surface area contributed by atoms with Crippen LogP contribution in [0.15, 0.2) is 115 Å². The summed E-state index contributed by atoms with van der Waals surface area (Å²) >= 11 is 8.04. The van der Waals surface area contributed by atoms with Crippen molar-refractivity contribution >= 4 is 44.1 Å². The van der Waals surface area contributed by atoms with E-state index in [0.717, 1.165) is 26.9 Å². The summed E-state index contributed by atoms with van der Waals surface area (Å²) in [6.07, 6.45) is 0. The number of hydrogen-bond acceptors (Lipinski definition) is 1. The molecule has 0 aliphatic carbocycles. The maximum absolute atomic E-state index is 8.04. The topological polar surface area (TPSA) is 26.0 Å². The van der Waals surface area contributed by atoms with Gasteiger partial charge in [-0.15, -0.1) is 0 Å². The van der Waals surface area contributed by atoms with Crippen LogP contribution in [0.4, 0.5) is 5.69 Å². The summed E-state index contributed by atoms with van der Waals surface area (Å²) in [5.41, 5.74) is 6.73. The minimum absolute atomic E-state index is 0.731. The second-order valence-electron chi connectivity index (χ2n) is 6.61. The third-order valence-corrected chi connectivity index (χ3v) is 12.5. The van der Waals surface area contributed by atoms with Gasteiger partial charge in [0.05, 0.1) is 0 Å². The quantitative estimate of drug-likeness (QED) is 0.401. The van der Waals surface area contributed by atoms with Crippen molar-refractivity contribution in [1.82, 2.24) is 0 Å². The summed E-state index contributed by atoms with van der Waals surface area (Å²) in [6, 6.07) is 39.3. The fourth-order valence-corrected chi connectivity index (χ4v) is 9.82. The van der Waals surface area contributed by atoms with Gasteiger partial charge in [0.25, 0.3) is 0 Å². The van der Waals surface area contributed by atoms with Crippen LogP contribution in [0.3, 0.4) is 0 Å². The SMILES string of the molecule is Nc1ccc(P(Cl)(c2ccccc2)(c2ccccc2)c2ccccc2)cc1. The molecule has 0 saturated carbocycles. The Morgan fingerprint density at radius 2 is 0.741 bits per heavy atom. The van der Waals surface area contributed by atoms with Crippen molar-refractivity contribution in [2.24, 2.45) is 0 Å². The third kappa shape index (κ3) is 2.67. The van der Waals surface area contributed by atoms with Crippen molar-refractivity contribution in [3.8, 4) is 0 Å². The van der Waals surface area contributed by atoms with Gasteiger partial charge in [-0.25, -0.2) is 0 Å². The molecule has 0 aliphatic rings. The Labute approximate surface area is 165 Å². The van der Waals surface area contributed by atoms with Gasteiger partial charge in [-0.1, -0.05) is 0 Å². The summed E-state index contributed by atoms with van der Waals surface area (Å²) in [5.74, 6) is -3.42. The van der Waals surface area contributed by atoms with Crippen molar-refractivity contribution < 1.29 is 0 Å². The predicted molar refractivity (Wildman–Crippen MR) is 121 cm³/mol. The molecule has 0 radical (unpaired) electrons. The zero-order chi connectivity index (χ0) is 18.8. The Morgan fingerprint density at radius 1 is 0.444 bits per heavy atom. The standard InChI is InChI=1S/C24H21ClNP/c25-27(21-10-4-1-5-11-21,22-12-6-2-7-13-22,23-14-8-3-9-15-23)24-18-16-20(26)17-19-24/h1-19H,26H2. The van der Waals surface area contributed by atoms with Gasteiger partial charge in [0.15, 0.2) is 0 Å². The van der Waals surface area contributed by atoms with Crippen LogP contribution in [0.2, 0.25) is 0 Å². The normalized spacial score (nSPS) is 12.9. The first kappa shape index (κ1) is 17.8. The van der Waals surface area contributed by atoms with Crippen molar-refractivity contribution in [3.63, 3.8) is 0 Å². The fourth-order valence-electron chi connectivity index (χ4n) is 3.77. The Morgan fingerprint density at radius 3 is 1.07 bits per heavy atom. The number of rotatable bonds is 4. The average molecular weight is 390 g/mol. The van der Waals surface area contributed by atoms with Gasteiger partial charge in [0, 0.05) is 0 Å². The van der Waals surface area contributed by atoms with E-state index in [2.05, 4.69) is 84.9 Å². The van der Waals surface area contributed by atoms with Crippen LogP contribution in [0.5, 0.6) is 0 Å². The van der Waals surface area contributed by atoms with E-state index in [9.17, 15) is 0 Å². The van der Waals surface area contributed by atoms with E-state index in [-0.39, 0.29) is 0 Å². The molecule has 0 heterocycles. The maximum atomic E-state index is 8.04. The summed E-state index contributed by atoms with van der Waals surface area (Å²) in [5, 5.41) is 4.44. The van der Waals surface area contributed by atoms with E-state index in [1.54, 1.807) is 0 Å². The molecule has 3 heteroatoms. The van der Waals surface area contributed by atoms with Gasteiger partial charge in [-0.05, 0) is 0 Å². The monoisotopic (exact) mass is 389 g/mol. The van der Waals surface area contributed by atoms with E-state index in [4.69, 9.17) is 17.0 Å². The molecule has 0 atom stereocenters. The molecule has 1 nitrogen and oxygen atoms in total. The van der Waals surface area contributed by atoms with E-state index in [1.807, 2.05) is 30.3 Å². The zero-order valence-corrected chi connectivity index (χ0v) is 16.5. The number of nitrogens with two attached hydrogens (primary N) is 1. The van der Waals surface area contributed by atoms with Crippen molar-refractivity contribution in [2.75, 3.05) is 5.73 Å². The molecule has 0 spiro atoms. The van der Waals surface area contributed by atoms with Crippen molar-refractivity contribution in [2.45, 2.75) is 0 Å². The molecule has 4 aromatic carbocycles. The minimum atomic E-state index is -3.42. The van der Waals surface area contributed by atoms with E-state index in [1.165, 1.54) is 0 Å². The Balaban J connectivity index is 2.22. The van der Waals surface area contributed by atoms with Gasteiger partial charge >= 0.3 is 165 Å². The van der Waals surface area contributed by atoms with Gasteiger partial charge in [-0.2, -0.15) is 0 Å². The van der Waals surface area contributed by atoms with Crippen LogP contribution in [0, 0.1) is 0 Å². The number of anilines is 1. The van der Waals surface area contributed by atoms with Crippen LogP contribution in [0.1, 0.15) is 0 Å². The van der Waals surface area contributed by atoms with Crippen LogP contribution in [-0.2, 0) is 0 Å². The number of nitrogen functional groups attached to an aromatic ring is 1. The van der Waals surface area contributed by atoms with Crippen LogP contribution < -0.4 is 27.0 Å². The van der Waals surface area contributed by atoms with Gasteiger partial charge in [0.1, 0.15) is 0 Å². The van der Waals surface area contributed by atoms with Crippen molar-refractivity contribution in [3.05, 3.63) is 115 Å². The number of hydrogen-bond donors (Lipinski definition) is 1.